The van der Waals surface area contributed by atoms with Crippen molar-refractivity contribution >= 4 is 47.7 Å². The van der Waals surface area contributed by atoms with Gasteiger partial charge in [-0.2, -0.15) is 0 Å². The fourth-order valence-electron chi connectivity index (χ4n) is 4.47. The molecule has 0 atom stereocenters. The lowest BCUT2D eigenvalue weighted by atomic mass is 10.1. The van der Waals surface area contributed by atoms with E-state index in [9.17, 15) is 0 Å². The Hall–Kier alpha value is -3.48. The maximum absolute atomic E-state index is 5.64. The minimum Gasteiger partial charge on any atom is -0.120 e. The van der Waals surface area contributed by atoms with E-state index in [2.05, 4.69) is 145 Å². The molecular weight excluding hydrogens is 470 g/mol. The van der Waals surface area contributed by atoms with Crippen LogP contribution in [0.15, 0.2) is 140 Å². The Morgan fingerprint density at radius 1 is 0.472 bits per heavy atom. The summed E-state index contributed by atoms with van der Waals surface area (Å²) in [4.78, 5) is 0. The maximum Gasteiger partial charge on any atom is 0.0127 e. The van der Waals surface area contributed by atoms with Gasteiger partial charge in [0.15, 0.2) is 0 Å². The molecule has 0 aliphatic carbocycles. The Bertz CT molecular complexity index is 1340. The van der Waals surface area contributed by atoms with E-state index in [0.717, 1.165) is 12.8 Å². The molecule has 174 valence electrons. The molecule has 0 aromatic heterocycles. The quantitative estimate of drug-likeness (QED) is 0.188. The lowest BCUT2D eigenvalue weighted by Crippen LogP contribution is -2.35. The summed E-state index contributed by atoms with van der Waals surface area (Å²) in [5.74, 6) is 2.83. The van der Waals surface area contributed by atoms with E-state index < -0.39 is 15.8 Å². The van der Waals surface area contributed by atoms with E-state index in [4.69, 9.17) is 6.42 Å². The van der Waals surface area contributed by atoms with Crippen LogP contribution in [0.25, 0.3) is 0 Å². The summed E-state index contributed by atoms with van der Waals surface area (Å²) in [7, 11) is -1.48. The van der Waals surface area contributed by atoms with E-state index in [1.165, 1.54) is 37.4 Å². The molecule has 0 radical (unpaired) electrons. The summed E-state index contributed by atoms with van der Waals surface area (Å²) >= 11 is 0. The van der Waals surface area contributed by atoms with Crippen LogP contribution in [0.1, 0.15) is 12.0 Å². The molecule has 0 aliphatic heterocycles. The second-order valence-corrected chi connectivity index (χ2v) is 12.9. The highest BCUT2D eigenvalue weighted by molar-refractivity contribution is 7.85. The van der Waals surface area contributed by atoms with Crippen LogP contribution in [0.2, 0.25) is 0 Å². The van der Waals surface area contributed by atoms with Crippen molar-refractivity contribution in [1.29, 1.82) is 0 Å². The van der Waals surface area contributed by atoms with Gasteiger partial charge in [-0.3, -0.25) is 0 Å². The Morgan fingerprint density at radius 3 is 1.25 bits per heavy atom. The van der Waals surface area contributed by atoms with E-state index >= 15 is 0 Å². The highest BCUT2D eigenvalue weighted by atomic mass is 31.1. The first-order valence-corrected chi connectivity index (χ1v) is 14.9. The largest absolute Gasteiger partial charge is 0.120 e. The number of hydrogen-bond donors (Lipinski definition) is 0. The first-order chi connectivity index (χ1) is 17.8. The van der Waals surface area contributed by atoms with Crippen LogP contribution in [0.5, 0.6) is 0 Å². The third-order valence-corrected chi connectivity index (χ3v) is 11.3. The van der Waals surface area contributed by atoms with Crippen LogP contribution in [0.4, 0.5) is 0 Å². The average Bonchev–Trinajstić information content (AvgIpc) is 2.95. The third kappa shape index (κ3) is 5.50. The molecule has 2 heteroatoms. The summed E-state index contributed by atoms with van der Waals surface area (Å²) in [5, 5.41) is 8.32. The smallest absolute Gasteiger partial charge is 0.0127 e. The molecule has 0 aliphatic rings. The molecule has 0 N–H and O–H groups in total. The lowest BCUT2D eigenvalue weighted by molar-refractivity contribution is 1.03. The van der Waals surface area contributed by atoms with Crippen molar-refractivity contribution in [2.45, 2.75) is 12.8 Å². The predicted molar refractivity (Wildman–Crippen MR) is 161 cm³/mol. The minimum atomic E-state index is -0.747. The molecule has 5 aromatic rings. The van der Waals surface area contributed by atoms with Gasteiger partial charge in [0.1, 0.15) is 0 Å². The average molecular weight is 499 g/mol. The second-order valence-electron chi connectivity index (χ2n) is 8.54. The van der Waals surface area contributed by atoms with Crippen molar-refractivity contribution in [3.8, 4) is 12.3 Å². The van der Waals surface area contributed by atoms with Gasteiger partial charge in [0.05, 0.1) is 0 Å². The monoisotopic (exact) mass is 498 g/mol. The SMILES string of the molecule is C#CCCc1ccc(P(c2ccccc2)c2ccccc2)c(P(c2ccccc2)c2ccccc2)c1. The summed E-state index contributed by atoms with van der Waals surface area (Å²) in [6.07, 6.45) is 7.29. The molecule has 5 rings (SSSR count). The summed E-state index contributed by atoms with van der Waals surface area (Å²) < 4.78 is 0. The van der Waals surface area contributed by atoms with Gasteiger partial charge in [0.25, 0.3) is 0 Å². The highest BCUT2D eigenvalue weighted by Crippen LogP contribution is 2.39. The fourth-order valence-corrected chi connectivity index (χ4v) is 9.78. The zero-order chi connectivity index (χ0) is 24.6. The van der Waals surface area contributed by atoms with Crippen LogP contribution < -0.4 is 31.8 Å². The van der Waals surface area contributed by atoms with Gasteiger partial charge in [-0.25, -0.2) is 0 Å². The van der Waals surface area contributed by atoms with Crippen molar-refractivity contribution in [3.63, 3.8) is 0 Å². The van der Waals surface area contributed by atoms with Gasteiger partial charge in [0, 0.05) is 6.42 Å². The molecule has 5 aromatic carbocycles. The molecule has 0 bridgehead atoms. The minimum absolute atomic E-state index is 0.729. The molecule has 36 heavy (non-hydrogen) atoms. The van der Waals surface area contributed by atoms with Crippen LogP contribution in [-0.2, 0) is 6.42 Å². The molecule has 0 unspecified atom stereocenters. The molecule has 0 heterocycles. The van der Waals surface area contributed by atoms with Crippen LogP contribution in [-0.4, -0.2) is 0 Å². The van der Waals surface area contributed by atoms with Crippen LogP contribution in [0.3, 0.4) is 0 Å². The maximum atomic E-state index is 5.64. The van der Waals surface area contributed by atoms with E-state index in [0.29, 0.717) is 0 Å². The van der Waals surface area contributed by atoms with Gasteiger partial charge in [-0.1, -0.05) is 133 Å². The second kappa shape index (κ2) is 12.0. The number of aryl methyl sites for hydroxylation is 1. The number of hydrogen-bond acceptors (Lipinski definition) is 0. The Labute approximate surface area is 217 Å². The Kier molecular flexibility index (Phi) is 8.06. The van der Waals surface area contributed by atoms with Crippen LogP contribution >= 0.6 is 15.8 Å². The third-order valence-electron chi connectivity index (χ3n) is 6.14. The van der Waals surface area contributed by atoms with Crippen molar-refractivity contribution in [3.05, 3.63) is 145 Å². The summed E-state index contributed by atoms with van der Waals surface area (Å²) in [6.45, 7) is 0. The number of terminal acetylenes is 1. The van der Waals surface area contributed by atoms with Gasteiger partial charge in [0.2, 0.25) is 0 Å². The Balaban J connectivity index is 1.78. The molecule has 0 fully saturated rings. The normalized spacial score (nSPS) is 10.9. The fraction of sp³-hybridized carbons (Fsp3) is 0.0588. The van der Waals surface area contributed by atoms with Gasteiger partial charge in [-0.05, 0) is 65.7 Å². The standard InChI is InChI=1S/C34H28P2/c1-2-3-16-28-25-26-33(35(29-17-8-4-9-18-29)30-19-10-5-11-20-30)34(27-28)36(31-21-12-6-13-22-31)32-23-14-7-15-24-32/h1,4-15,17-27H,3,16H2. The molecule has 0 saturated heterocycles. The van der Waals surface area contributed by atoms with E-state index in [-0.39, 0.29) is 0 Å². The zero-order valence-corrected chi connectivity index (χ0v) is 22.0. The van der Waals surface area contributed by atoms with Crippen molar-refractivity contribution < 1.29 is 0 Å². The van der Waals surface area contributed by atoms with E-state index in [1.807, 2.05) is 0 Å². The van der Waals surface area contributed by atoms with Gasteiger partial charge in [-0.15, -0.1) is 12.3 Å². The molecular formula is C34H28P2. The van der Waals surface area contributed by atoms with Gasteiger partial charge < -0.3 is 0 Å². The number of benzene rings is 5. The van der Waals surface area contributed by atoms with Crippen molar-refractivity contribution in [2.75, 3.05) is 0 Å². The van der Waals surface area contributed by atoms with Crippen molar-refractivity contribution in [1.82, 2.24) is 0 Å². The highest BCUT2D eigenvalue weighted by Gasteiger charge is 2.26. The molecule has 0 amide bonds. The Morgan fingerprint density at radius 2 is 0.861 bits per heavy atom. The van der Waals surface area contributed by atoms with Crippen LogP contribution in [0, 0.1) is 12.3 Å². The van der Waals surface area contributed by atoms with Crippen molar-refractivity contribution in [2.24, 2.45) is 0 Å². The van der Waals surface area contributed by atoms with E-state index in [1.54, 1.807) is 0 Å². The summed E-state index contributed by atoms with van der Waals surface area (Å²) in [6, 6.07) is 51.1. The lowest BCUT2D eigenvalue weighted by Gasteiger charge is -2.28. The first-order valence-electron chi connectivity index (χ1n) is 12.2. The summed E-state index contributed by atoms with van der Waals surface area (Å²) in [5.41, 5.74) is 1.31. The number of rotatable bonds is 8. The predicted octanol–water partition coefficient (Wildman–Crippen LogP) is 5.77. The zero-order valence-electron chi connectivity index (χ0n) is 20.2. The first kappa shape index (κ1) is 24.2. The topological polar surface area (TPSA) is 0 Å². The molecule has 0 nitrogen and oxygen atoms in total. The molecule has 0 spiro atoms. The molecule has 0 saturated carbocycles. The van der Waals surface area contributed by atoms with Gasteiger partial charge >= 0.3 is 0 Å².